The summed E-state index contributed by atoms with van der Waals surface area (Å²) in [6.07, 6.45) is 0.134. The highest BCUT2D eigenvalue weighted by molar-refractivity contribution is 9.10. The number of amides is 1. The highest BCUT2D eigenvalue weighted by Crippen LogP contribution is 2.19. The maximum absolute atomic E-state index is 13.3. The number of nitrogens with zero attached hydrogens (tertiary/aromatic N) is 2. The highest BCUT2D eigenvalue weighted by Gasteiger charge is 2.18. The van der Waals surface area contributed by atoms with Gasteiger partial charge in [-0.1, -0.05) is 22.0 Å². The molecule has 0 saturated heterocycles. The van der Waals surface area contributed by atoms with Gasteiger partial charge in [-0.3, -0.25) is 14.2 Å². The molecule has 0 aliphatic heterocycles. The number of carbonyl (C=O) groups excluding carboxylic acids is 1. The van der Waals surface area contributed by atoms with E-state index in [2.05, 4.69) is 26.2 Å². The minimum atomic E-state index is -0.413. The van der Waals surface area contributed by atoms with Gasteiger partial charge in [-0.2, -0.15) is 0 Å². The number of hydrogen-bond acceptors (Lipinski definition) is 4. The second-order valence-electron chi connectivity index (χ2n) is 6.43. The molecule has 1 amide bonds. The molecule has 0 spiro atoms. The van der Waals surface area contributed by atoms with Crippen molar-refractivity contribution < 1.29 is 14.3 Å². The Kier molecular flexibility index (Phi) is 6.56. The van der Waals surface area contributed by atoms with Crippen LogP contribution in [0.1, 0.15) is 11.3 Å². The minimum absolute atomic E-state index is 0.134. The van der Waals surface area contributed by atoms with Gasteiger partial charge >= 0.3 is 0 Å². The Balaban J connectivity index is 2.02. The first-order valence-corrected chi connectivity index (χ1v) is 9.71. The van der Waals surface area contributed by atoms with Crippen LogP contribution < -0.4 is 10.9 Å². The summed E-state index contributed by atoms with van der Waals surface area (Å²) in [5.41, 5.74) is 1.49. The fourth-order valence-electron chi connectivity index (χ4n) is 2.98. The number of aromatic nitrogens is 2. The summed E-state index contributed by atoms with van der Waals surface area (Å²) in [4.78, 5) is 30.1. The Hall–Kier alpha value is -2.84. The van der Waals surface area contributed by atoms with Crippen LogP contribution in [0.3, 0.4) is 0 Å². The van der Waals surface area contributed by atoms with Crippen molar-refractivity contribution in [2.45, 2.75) is 19.9 Å². The predicted octanol–water partition coefficient (Wildman–Crippen LogP) is 3.29. The van der Waals surface area contributed by atoms with Crippen molar-refractivity contribution in [3.8, 4) is 11.4 Å². The first kappa shape index (κ1) is 20.9. The summed E-state index contributed by atoms with van der Waals surface area (Å²) in [6.45, 7) is 1.19. The lowest BCUT2D eigenvalue weighted by atomic mass is 10.1. The van der Waals surface area contributed by atoms with E-state index >= 15 is 0 Å². The summed E-state index contributed by atoms with van der Waals surface area (Å²) >= 11 is 3.34. The quantitative estimate of drug-likeness (QED) is 0.592. The third-order valence-electron chi connectivity index (χ3n) is 4.34. The number of hydrogen-bond donors (Lipinski definition) is 2. The Morgan fingerprint density at radius 2 is 1.97 bits per heavy atom. The average Bonchev–Trinajstić information content (AvgIpc) is 2.68. The van der Waals surface area contributed by atoms with E-state index in [9.17, 15) is 19.1 Å². The van der Waals surface area contributed by atoms with Gasteiger partial charge in [0.25, 0.3) is 5.56 Å². The van der Waals surface area contributed by atoms with Gasteiger partial charge in [0.2, 0.25) is 5.91 Å². The minimum Gasteiger partial charge on any atom is -0.396 e. The van der Waals surface area contributed by atoms with E-state index < -0.39 is 17.3 Å². The highest BCUT2D eigenvalue weighted by atomic mass is 79.9. The SMILES string of the molecule is Cc1nc(-c2ccc(F)cc2)n(CC(=O)Nc2cccc(Br)c2)c(=O)c1CCO. The van der Waals surface area contributed by atoms with Gasteiger partial charge in [-0.05, 0) is 49.4 Å². The summed E-state index contributed by atoms with van der Waals surface area (Å²) in [5, 5.41) is 12.0. The fourth-order valence-corrected chi connectivity index (χ4v) is 3.38. The molecule has 0 unspecified atom stereocenters. The second-order valence-corrected chi connectivity index (χ2v) is 7.35. The van der Waals surface area contributed by atoms with Crippen molar-refractivity contribution in [1.29, 1.82) is 0 Å². The lowest BCUT2D eigenvalue weighted by Gasteiger charge is -2.16. The molecule has 0 saturated carbocycles. The standard InChI is InChI=1S/C21H19BrFN3O3/c1-13-18(9-10-27)21(29)26(20(24-13)14-5-7-16(23)8-6-14)12-19(28)25-17-4-2-3-15(22)11-17/h2-8,11,27H,9-10,12H2,1H3,(H,25,28). The number of aliphatic hydroxyl groups excluding tert-OH is 1. The summed E-state index contributed by atoms with van der Waals surface area (Å²) in [7, 11) is 0. The van der Waals surface area contributed by atoms with Crippen molar-refractivity contribution in [3.05, 3.63) is 80.4 Å². The number of aliphatic hydroxyl groups is 1. The van der Waals surface area contributed by atoms with Crippen molar-refractivity contribution >= 4 is 27.5 Å². The van der Waals surface area contributed by atoms with Gasteiger partial charge in [-0.25, -0.2) is 9.37 Å². The number of anilines is 1. The second kappa shape index (κ2) is 9.11. The van der Waals surface area contributed by atoms with Crippen LogP contribution in [0.2, 0.25) is 0 Å². The van der Waals surface area contributed by atoms with Crippen LogP contribution in [0.5, 0.6) is 0 Å². The number of rotatable bonds is 6. The van der Waals surface area contributed by atoms with Gasteiger partial charge < -0.3 is 10.4 Å². The van der Waals surface area contributed by atoms with Crippen LogP contribution in [0.25, 0.3) is 11.4 Å². The number of aryl methyl sites for hydroxylation is 1. The van der Waals surface area contributed by atoms with E-state index in [4.69, 9.17) is 0 Å². The number of halogens is 2. The van der Waals surface area contributed by atoms with Crippen LogP contribution in [0.4, 0.5) is 10.1 Å². The maximum atomic E-state index is 13.3. The number of nitrogens with one attached hydrogen (secondary N) is 1. The first-order chi connectivity index (χ1) is 13.9. The van der Waals surface area contributed by atoms with Crippen molar-refractivity contribution in [1.82, 2.24) is 9.55 Å². The van der Waals surface area contributed by atoms with Gasteiger partial charge in [0.1, 0.15) is 18.2 Å². The average molecular weight is 460 g/mol. The largest absolute Gasteiger partial charge is 0.396 e. The van der Waals surface area contributed by atoms with E-state index in [0.717, 1.165) is 4.47 Å². The molecule has 0 aliphatic rings. The Bertz CT molecular complexity index is 1100. The summed E-state index contributed by atoms with van der Waals surface area (Å²) in [5.74, 6) is -0.559. The molecule has 150 valence electrons. The van der Waals surface area contributed by atoms with Gasteiger partial charge in [-0.15, -0.1) is 0 Å². The molecule has 3 rings (SSSR count). The van der Waals surface area contributed by atoms with Gasteiger partial charge in [0, 0.05) is 40.0 Å². The zero-order valence-electron chi connectivity index (χ0n) is 15.7. The molecule has 29 heavy (non-hydrogen) atoms. The molecule has 1 aromatic heterocycles. The Morgan fingerprint density at radius 3 is 2.62 bits per heavy atom. The molecule has 0 radical (unpaired) electrons. The number of carbonyl (C=O) groups is 1. The maximum Gasteiger partial charge on any atom is 0.257 e. The Labute approximate surface area is 175 Å². The summed E-state index contributed by atoms with van der Waals surface area (Å²) in [6, 6.07) is 12.6. The topological polar surface area (TPSA) is 84.2 Å². The van der Waals surface area contributed by atoms with E-state index in [1.165, 1.54) is 28.8 Å². The van der Waals surface area contributed by atoms with Crippen molar-refractivity contribution in [3.63, 3.8) is 0 Å². The molecule has 3 aromatic rings. The number of benzene rings is 2. The molecular formula is C21H19BrFN3O3. The lowest BCUT2D eigenvalue weighted by Crippen LogP contribution is -2.33. The van der Waals surface area contributed by atoms with Crippen LogP contribution >= 0.6 is 15.9 Å². The molecule has 1 heterocycles. The van der Waals surface area contributed by atoms with Crippen LogP contribution in [-0.4, -0.2) is 27.2 Å². The van der Waals surface area contributed by atoms with Crippen molar-refractivity contribution in [2.24, 2.45) is 0 Å². The summed E-state index contributed by atoms with van der Waals surface area (Å²) < 4.78 is 15.4. The van der Waals surface area contributed by atoms with E-state index in [-0.39, 0.29) is 25.4 Å². The van der Waals surface area contributed by atoms with Crippen LogP contribution in [-0.2, 0) is 17.8 Å². The van der Waals surface area contributed by atoms with E-state index in [0.29, 0.717) is 22.5 Å². The van der Waals surface area contributed by atoms with Crippen LogP contribution in [0, 0.1) is 12.7 Å². The van der Waals surface area contributed by atoms with E-state index in [1.807, 2.05) is 6.07 Å². The molecule has 0 fully saturated rings. The molecular weight excluding hydrogens is 441 g/mol. The lowest BCUT2D eigenvalue weighted by molar-refractivity contribution is -0.116. The van der Waals surface area contributed by atoms with Gasteiger partial charge in [0.15, 0.2) is 0 Å². The van der Waals surface area contributed by atoms with E-state index in [1.54, 1.807) is 25.1 Å². The third-order valence-corrected chi connectivity index (χ3v) is 4.84. The molecule has 0 bridgehead atoms. The molecule has 2 N–H and O–H groups in total. The zero-order chi connectivity index (χ0) is 21.0. The van der Waals surface area contributed by atoms with Crippen LogP contribution in [0.15, 0.2) is 57.8 Å². The predicted molar refractivity (Wildman–Crippen MR) is 112 cm³/mol. The molecule has 8 heteroatoms. The molecule has 2 aromatic carbocycles. The molecule has 6 nitrogen and oxygen atoms in total. The van der Waals surface area contributed by atoms with Crippen molar-refractivity contribution in [2.75, 3.05) is 11.9 Å². The zero-order valence-corrected chi connectivity index (χ0v) is 17.2. The first-order valence-electron chi connectivity index (χ1n) is 8.91. The normalized spacial score (nSPS) is 10.8. The fraction of sp³-hybridized carbons (Fsp3) is 0.190. The monoisotopic (exact) mass is 459 g/mol. The molecule has 0 atom stereocenters. The Morgan fingerprint density at radius 1 is 1.24 bits per heavy atom. The van der Waals surface area contributed by atoms with Gasteiger partial charge in [0.05, 0.1) is 0 Å². The molecule has 0 aliphatic carbocycles. The smallest absolute Gasteiger partial charge is 0.257 e. The third kappa shape index (κ3) is 4.96.